The third-order valence-corrected chi connectivity index (χ3v) is 5.58. The zero-order valence-corrected chi connectivity index (χ0v) is 20.8. The average molecular weight is 511 g/mol. The van der Waals surface area contributed by atoms with Gasteiger partial charge in [-0.25, -0.2) is 4.79 Å². The van der Waals surface area contributed by atoms with Crippen LogP contribution >= 0.6 is 0 Å². The van der Waals surface area contributed by atoms with Gasteiger partial charge in [0.25, 0.3) is 0 Å². The molecule has 0 unspecified atom stereocenters. The van der Waals surface area contributed by atoms with Crippen molar-refractivity contribution in [1.82, 2.24) is 0 Å². The molecule has 4 rings (SSSR count). The summed E-state index contributed by atoms with van der Waals surface area (Å²) in [5.74, 6) is -1.34. The van der Waals surface area contributed by atoms with Crippen LogP contribution in [-0.2, 0) is 22.7 Å². The van der Waals surface area contributed by atoms with E-state index in [9.17, 15) is 14.4 Å². The van der Waals surface area contributed by atoms with E-state index in [1.807, 2.05) is 60.7 Å². The van der Waals surface area contributed by atoms with Crippen molar-refractivity contribution in [1.29, 1.82) is 0 Å². The Kier molecular flexibility index (Phi) is 8.86. The maximum absolute atomic E-state index is 13.4. The van der Waals surface area contributed by atoms with Gasteiger partial charge in [0.1, 0.15) is 30.9 Å². The fraction of sp³-hybridized carbons (Fsp3) is 0.129. The summed E-state index contributed by atoms with van der Waals surface area (Å²) in [5, 5.41) is 0. The molecule has 0 aromatic heterocycles. The number of benzene rings is 4. The Labute approximate surface area is 220 Å². The number of hydrogen-bond donors (Lipinski definition) is 0. The topological polar surface area (TPSA) is 88.1 Å². The van der Waals surface area contributed by atoms with Crippen molar-refractivity contribution in [2.24, 2.45) is 0 Å². The number of carbonyl (C=O) groups excluding carboxylic acids is 3. The second-order valence-electron chi connectivity index (χ2n) is 8.24. The Hall–Kier alpha value is -4.91. The lowest BCUT2D eigenvalue weighted by Gasteiger charge is -2.17. The first-order chi connectivity index (χ1) is 18.5. The van der Waals surface area contributed by atoms with E-state index in [2.05, 4.69) is 4.74 Å². The van der Waals surface area contributed by atoms with Gasteiger partial charge in [-0.3, -0.25) is 9.59 Å². The predicted octanol–water partition coefficient (Wildman–Crippen LogP) is 5.81. The summed E-state index contributed by atoms with van der Waals surface area (Å²) >= 11 is 0. The molecule has 192 valence electrons. The van der Waals surface area contributed by atoms with E-state index in [0.717, 1.165) is 11.1 Å². The molecule has 0 amide bonds. The first-order valence-corrected chi connectivity index (χ1v) is 11.9. The molecule has 38 heavy (non-hydrogen) atoms. The van der Waals surface area contributed by atoms with Gasteiger partial charge in [0, 0.05) is 0 Å². The molecule has 0 bridgehead atoms. The van der Waals surface area contributed by atoms with Crippen molar-refractivity contribution >= 4 is 17.7 Å². The molecular weight excluding hydrogens is 484 g/mol. The smallest absolute Gasteiger partial charge is 0.347 e. The van der Waals surface area contributed by atoms with Crippen LogP contribution in [0.3, 0.4) is 0 Å². The molecule has 0 atom stereocenters. The number of Topliss-reactive ketones (excluding diaryl/α,β-unsaturated/α-hetero) is 1. The average Bonchev–Trinajstić information content (AvgIpc) is 2.96. The van der Waals surface area contributed by atoms with Gasteiger partial charge >= 0.3 is 11.9 Å². The number of esters is 2. The number of methoxy groups -OCH3 is 1. The lowest BCUT2D eigenvalue weighted by atomic mass is 10.1. The van der Waals surface area contributed by atoms with E-state index >= 15 is 0 Å². The summed E-state index contributed by atoms with van der Waals surface area (Å²) in [4.78, 5) is 37.6. The first kappa shape index (κ1) is 26.2. The van der Waals surface area contributed by atoms with E-state index in [1.165, 1.54) is 19.2 Å². The maximum Gasteiger partial charge on any atom is 0.347 e. The van der Waals surface area contributed by atoms with Crippen LogP contribution < -0.4 is 14.2 Å². The Morgan fingerprint density at radius 2 is 1.16 bits per heavy atom. The minimum absolute atomic E-state index is 0.0241. The Morgan fingerprint density at radius 1 is 0.605 bits per heavy atom. The van der Waals surface area contributed by atoms with E-state index < -0.39 is 24.1 Å². The fourth-order valence-corrected chi connectivity index (χ4v) is 3.64. The summed E-state index contributed by atoms with van der Waals surface area (Å²) in [6.45, 7) is 0.465. The van der Waals surface area contributed by atoms with Crippen LogP contribution in [0.1, 0.15) is 38.3 Å². The molecule has 4 aromatic rings. The number of ketones is 1. The molecule has 0 aliphatic rings. The standard InChI is InChI=1S/C31H26O7/c1-35-29(33)19-26(32)24-15-8-9-17-27(24)38-31(34)25-16-10-18-28(36-20-22-11-4-2-5-12-22)30(25)37-21-23-13-6-3-7-14-23/h2-18H,19-21H2,1H3. The van der Waals surface area contributed by atoms with Crippen LogP contribution in [0.25, 0.3) is 0 Å². The molecule has 0 saturated carbocycles. The monoisotopic (exact) mass is 510 g/mol. The number of rotatable bonds is 11. The number of carbonyl (C=O) groups is 3. The number of para-hydroxylation sites is 2. The van der Waals surface area contributed by atoms with E-state index in [4.69, 9.17) is 14.2 Å². The second kappa shape index (κ2) is 12.9. The van der Waals surface area contributed by atoms with Crippen LogP contribution in [0.2, 0.25) is 0 Å². The fourth-order valence-electron chi connectivity index (χ4n) is 3.64. The Balaban J connectivity index is 1.61. The molecular formula is C31H26O7. The molecule has 0 radical (unpaired) electrons. The normalized spacial score (nSPS) is 10.3. The summed E-state index contributed by atoms with van der Waals surface area (Å²) in [6, 6.07) is 30.3. The lowest BCUT2D eigenvalue weighted by Crippen LogP contribution is -2.15. The summed E-state index contributed by atoms with van der Waals surface area (Å²) < 4.78 is 22.3. The molecule has 0 heterocycles. The molecule has 0 aliphatic carbocycles. The Bertz CT molecular complexity index is 1400. The Morgan fingerprint density at radius 3 is 1.82 bits per heavy atom. The van der Waals surface area contributed by atoms with Crippen molar-refractivity contribution < 1.29 is 33.3 Å². The minimum atomic E-state index is -0.739. The largest absolute Gasteiger partial charge is 0.485 e. The van der Waals surface area contributed by atoms with E-state index in [0.29, 0.717) is 5.75 Å². The number of ether oxygens (including phenoxy) is 4. The van der Waals surface area contributed by atoms with Gasteiger partial charge in [-0.15, -0.1) is 0 Å². The van der Waals surface area contributed by atoms with E-state index in [1.54, 1.807) is 30.3 Å². The van der Waals surface area contributed by atoms with Crippen molar-refractivity contribution in [3.63, 3.8) is 0 Å². The van der Waals surface area contributed by atoms with Crippen LogP contribution in [0.15, 0.2) is 103 Å². The first-order valence-electron chi connectivity index (χ1n) is 11.9. The van der Waals surface area contributed by atoms with Gasteiger partial charge in [0.2, 0.25) is 0 Å². The molecule has 7 heteroatoms. The van der Waals surface area contributed by atoms with Gasteiger partial charge in [0.05, 0.1) is 12.7 Å². The highest BCUT2D eigenvalue weighted by molar-refractivity contribution is 6.08. The quantitative estimate of drug-likeness (QED) is 0.109. The van der Waals surface area contributed by atoms with Crippen LogP contribution in [-0.4, -0.2) is 24.8 Å². The van der Waals surface area contributed by atoms with Gasteiger partial charge in [-0.2, -0.15) is 0 Å². The summed E-state index contributed by atoms with van der Waals surface area (Å²) in [5.41, 5.74) is 2.08. The lowest BCUT2D eigenvalue weighted by molar-refractivity contribution is -0.139. The molecule has 4 aromatic carbocycles. The van der Waals surface area contributed by atoms with Crippen LogP contribution in [0.4, 0.5) is 0 Å². The van der Waals surface area contributed by atoms with Crippen molar-refractivity contribution in [2.75, 3.05) is 7.11 Å². The molecule has 0 fully saturated rings. The van der Waals surface area contributed by atoms with Crippen molar-refractivity contribution in [2.45, 2.75) is 19.6 Å². The van der Waals surface area contributed by atoms with Gasteiger partial charge in [0.15, 0.2) is 17.3 Å². The van der Waals surface area contributed by atoms with Crippen LogP contribution in [0.5, 0.6) is 17.2 Å². The minimum Gasteiger partial charge on any atom is -0.485 e. The highest BCUT2D eigenvalue weighted by Crippen LogP contribution is 2.34. The van der Waals surface area contributed by atoms with Gasteiger partial charge < -0.3 is 18.9 Å². The predicted molar refractivity (Wildman–Crippen MR) is 140 cm³/mol. The van der Waals surface area contributed by atoms with Crippen LogP contribution in [0, 0.1) is 0 Å². The molecule has 0 spiro atoms. The highest BCUT2D eigenvalue weighted by atomic mass is 16.5. The van der Waals surface area contributed by atoms with E-state index in [-0.39, 0.29) is 35.8 Å². The van der Waals surface area contributed by atoms with Gasteiger partial charge in [-0.1, -0.05) is 78.9 Å². The molecule has 0 saturated heterocycles. The molecule has 7 nitrogen and oxygen atoms in total. The van der Waals surface area contributed by atoms with Crippen molar-refractivity contribution in [3.8, 4) is 17.2 Å². The zero-order valence-electron chi connectivity index (χ0n) is 20.8. The summed E-state index contributed by atoms with van der Waals surface area (Å²) in [7, 11) is 1.20. The summed E-state index contributed by atoms with van der Waals surface area (Å²) in [6.07, 6.45) is -0.473. The SMILES string of the molecule is COC(=O)CC(=O)c1ccccc1OC(=O)c1cccc(OCc2ccccc2)c1OCc1ccccc1. The highest BCUT2D eigenvalue weighted by Gasteiger charge is 2.23. The molecule has 0 aliphatic heterocycles. The molecule has 0 N–H and O–H groups in total. The maximum atomic E-state index is 13.4. The zero-order chi connectivity index (χ0) is 26.7. The van der Waals surface area contributed by atoms with Gasteiger partial charge in [-0.05, 0) is 35.4 Å². The third-order valence-electron chi connectivity index (χ3n) is 5.58. The van der Waals surface area contributed by atoms with Crippen molar-refractivity contribution in [3.05, 3.63) is 125 Å². The second-order valence-corrected chi connectivity index (χ2v) is 8.24. The third kappa shape index (κ3) is 6.85. The number of hydrogen-bond acceptors (Lipinski definition) is 7.